The summed E-state index contributed by atoms with van der Waals surface area (Å²) in [5.41, 5.74) is 5.00. The number of halogens is 2. The van der Waals surface area contributed by atoms with Crippen molar-refractivity contribution in [2.75, 3.05) is 32.9 Å². The van der Waals surface area contributed by atoms with E-state index >= 15 is 0 Å². The molecule has 0 spiro atoms. The predicted octanol–water partition coefficient (Wildman–Crippen LogP) is 4.02. The van der Waals surface area contributed by atoms with Crippen LogP contribution in [0.25, 0.3) is 10.1 Å². The first-order valence-electron chi connectivity index (χ1n) is 12.1. The molecule has 3 aromatic rings. The molecule has 1 aliphatic rings. The SMILES string of the molecule is CCOC(=O)C(Cc1cc2cc(C(=N)N)ccc2s1)(C(=O)OCC)c1ccc(OCC2=NCCN2)cc1.Cl.Cl. The van der Waals surface area contributed by atoms with Crippen LogP contribution in [0.15, 0.2) is 53.5 Å². The number of hydrogen-bond acceptors (Lipinski definition) is 9. The Kier molecular flexibility index (Phi) is 11.6. The van der Waals surface area contributed by atoms with Crippen LogP contribution in [0.5, 0.6) is 5.75 Å². The van der Waals surface area contributed by atoms with Gasteiger partial charge in [0.15, 0.2) is 5.41 Å². The van der Waals surface area contributed by atoms with E-state index in [1.807, 2.05) is 18.2 Å². The van der Waals surface area contributed by atoms with Crippen LogP contribution in [0.1, 0.15) is 29.9 Å². The number of carbonyl (C=O) groups excluding carboxylic acids is 2. The van der Waals surface area contributed by atoms with Crippen LogP contribution in [0.3, 0.4) is 0 Å². The van der Waals surface area contributed by atoms with Crippen molar-refractivity contribution in [3.8, 4) is 5.75 Å². The highest BCUT2D eigenvalue weighted by Crippen LogP contribution is 2.37. The number of fused-ring (bicyclic) bond motifs is 1. The molecule has 0 bridgehead atoms. The van der Waals surface area contributed by atoms with Gasteiger partial charge in [0.05, 0.1) is 19.8 Å². The summed E-state index contributed by atoms with van der Waals surface area (Å²) < 4.78 is 17.6. The minimum Gasteiger partial charge on any atom is -0.486 e. The fourth-order valence-electron chi connectivity index (χ4n) is 4.22. The zero-order chi connectivity index (χ0) is 26.4. The first-order valence-corrected chi connectivity index (χ1v) is 12.9. The van der Waals surface area contributed by atoms with Crippen molar-refractivity contribution in [2.24, 2.45) is 10.7 Å². The Balaban J connectivity index is 0.00000267. The fraction of sp³-hybridized carbons (Fsp3) is 0.333. The summed E-state index contributed by atoms with van der Waals surface area (Å²) in [6, 6.07) is 14.2. The first kappa shape index (κ1) is 31.9. The number of benzene rings is 2. The third kappa shape index (κ3) is 7.00. The van der Waals surface area contributed by atoms with E-state index in [4.69, 9.17) is 25.4 Å². The molecule has 39 heavy (non-hydrogen) atoms. The van der Waals surface area contributed by atoms with Crippen LogP contribution in [0, 0.1) is 5.41 Å². The molecule has 4 rings (SSSR count). The molecule has 2 aromatic carbocycles. The minimum absolute atomic E-state index is 0. The lowest BCUT2D eigenvalue weighted by molar-refractivity contribution is -0.164. The average Bonchev–Trinajstić information content (AvgIpc) is 3.55. The van der Waals surface area contributed by atoms with Crippen molar-refractivity contribution in [2.45, 2.75) is 25.7 Å². The Labute approximate surface area is 243 Å². The number of thiophene rings is 1. The number of nitrogen functional groups attached to an aromatic ring is 1. The number of nitrogens with one attached hydrogen (secondary N) is 2. The molecule has 1 aromatic heterocycles. The minimum atomic E-state index is -1.70. The lowest BCUT2D eigenvalue weighted by atomic mass is 9.76. The van der Waals surface area contributed by atoms with Gasteiger partial charge >= 0.3 is 11.9 Å². The number of aliphatic imine (C=N–C) groups is 1. The molecule has 9 nitrogen and oxygen atoms in total. The predicted molar refractivity (Wildman–Crippen MR) is 158 cm³/mol. The van der Waals surface area contributed by atoms with Gasteiger partial charge in [-0.25, -0.2) is 0 Å². The van der Waals surface area contributed by atoms with Crippen LogP contribution in [-0.4, -0.2) is 56.5 Å². The molecule has 2 heterocycles. The highest BCUT2D eigenvalue weighted by molar-refractivity contribution is 7.19. The van der Waals surface area contributed by atoms with Gasteiger partial charge in [-0.15, -0.1) is 36.2 Å². The maximum atomic E-state index is 13.5. The van der Waals surface area contributed by atoms with E-state index < -0.39 is 17.4 Å². The molecular formula is C27H32Cl2N4O5S. The van der Waals surface area contributed by atoms with Crippen LogP contribution in [0.4, 0.5) is 0 Å². The van der Waals surface area contributed by atoms with Crippen molar-refractivity contribution in [3.05, 3.63) is 64.5 Å². The summed E-state index contributed by atoms with van der Waals surface area (Å²) in [6.45, 7) is 5.47. The Hall–Kier alpha value is -3.34. The lowest BCUT2D eigenvalue weighted by Crippen LogP contribution is -2.48. The van der Waals surface area contributed by atoms with Gasteiger partial charge in [-0.2, -0.15) is 0 Å². The maximum absolute atomic E-state index is 13.5. The van der Waals surface area contributed by atoms with Gasteiger partial charge in [-0.3, -0.25) is 20.0 Å². The lowest BCUT2D eigenvalue weighted by Gasteiger charge is -2.29. The number of hydrogen-bond donors (Lipinski definition) is 3. The van der Waals surface area contributed by atoms with Crippen molar-refractivity contribution in [3.63, 3.8) is 0 Å². The van der Waals surface area contributed by atoms with Crippen LogP contribution < -0.4 is 15.8 Å². The monoisotopic (exact) mass is 594 g/mol. The molecule has 210 valence electrons. The molecule has 4 N–H and O–H groups in total. The largest absolute Gasteiger partial charge is 0.486 e. The van der Waals surface area contributed by atoms with Crippen LogP contribution in [-0.2, 0) is 30.9 Å². The van der Waals surface area contributed by atoms with E-state index in [-0.39, 0.29) is 50.3 Å². The molecule has 1 aliphatic heterocycles. The van der Waals surface area contributed by atoms with Gasteiger partial charge in [-0.1, -0.05) is 12.1 Å². The number of nitrogens with two attached hydrogens (primary N) is 1. The van der Waals surface area contributed by atoms with Gasteiger partial charge in [-0.05, 0) is 61.2 Å². The second kappa shape index (κ2) is 14.2. The number of nitrogens with zero attached hydrogens (tertiary/aromatic N) is 1. The Morgan fingerprint density at radius 1 is 1.05 bits per heavy atom. The summed E-state index contributed by atoms with van der Waals surface area (Å²) in [6.07, 6.45) is 0.0559. The summed E-state index contributed by atoms with van der Waals surface area (Å²) in [5.74, 6) is -0.00304. The van der Waals surface area contributed by atoms with Crippen molar-refractivity contribution >= 4 is 69.8 Å². The second-order valence-corrected chi connectivity index (χ2v) is 9.64. The zero-order valence-corrected chi connectivity index (χ0v) is 24.1. The number of carbonyl (C=O) groups is 2. The molecule has 0 atom stereocenters. The Morgan fingerprint density at radius 3 is 2.28 bits per heavy atom. The van der Waals surface area contributed by atoms with E-state index in [1.165, 1.54) is 11.3 Å². The van der Waals surface area contributed by atoms with E-state index in [9.17, 15) is 9.59 Å². The molecule has 0 aliphatic carbocycles. The molecule has 0 radical (unpaired) electrons. The molecule has 0 saturated carbocycles. The highest BCUT2D eigenvalue weighted by atomic mass is 35.5. The normalized spacial score (nSPS) is 12.4. The number of esters is 2. The number of amidine groups is 2. The zero-order valence-electron chi connectivity index (χ0n) is 21.7. The van der Waals surface area contributed by atoms with E-state index in [2.05, 4.69) is 10.3 Å². The van der Waals surface area contributed by atoms with Crippen molar-refractivity contribution < 1.29 is 23.8 Å². The quantitative estimate of drug-likeness (QED) is 0.132. The van der Waals surface area contributed by atoms with Crippen LogP contribution in [0.2, 0.25) is 0 Å². The fourth-order valence-corrected chi connectivity index (χ4v) is 5.35. The summed E-state index contributed by atoms with van der Waals surface area (Å²) in [7, 11) is 0. The summed E-state index contributed by atoms with van der Waals surface area (Å²) in [5, 5.41) is 11.7. The van der Waals surface area contributed by atoms with Gasteiger partial charge in [0.2, 0.25) is 0 Å². The summed E-state index contributed by atoms with van der Waals surface area (Å²) >= 11 is 1.46. The standard InChI is InChI=1S/C27H30N4O5S.2ClH/c1-3-34-25(32)27(26(33)35-4-2,15-21-14-18-13-17(24(28)29)5-10-22(18)37-21)19-6-8-20(9-7-19)36-16-23-30-11-12-31-23;;/h5-10,13-14H,3-4,11-12,15-16H2,1-2H3,(H3,28,29)(H,30,31);2*1H. The molecular weight excluding hydrogens is 563 g/mol. The van der Waals surface area contributed by atoms with Gasteiger partial charge in [0.25, 0.3) is 0 Å². The van der Waals surface area contributed by atoms with Crippen molar-refractivity contribution in [1.82, 2.24) is 5.32 Å². The Bertz CT molecular complexity index is 1330. The third-order valence-corrected chi connectivity index (χ3v) is 7.15. The van der Waals surface area contributed by atoms with Gasteiger partial charge in [0.1, 0.15) is 24.0 Å². The topological polar surface area (TPSA) is 136 Å². The van der Waals surface area contributed by atoms with Gasteiger partial charge < -0.3 is 25.3 Å². The first-order chi connectivity index (χ1) is 17.9. The maximum Gasteiger partial charge on any atom is 0.328 e. The second-order valence-electron chi connectivity index (χ2n) is 8.47. The summed E-state index contributed by atoms with van der Waals surface area (Å²) in [4.78, 5) is 32.1. The van der Waals surface area contributed by atoms with E-state index in [0.29, 0.717) is 23.5 Å². The van der Waals surface area contributed by atoms with E-state index in [1.54, 1.807) is 44.2 Å². The smallest absolute Gasteiger partial charge is 0.328 e. The van der Waals surface area contributed by atoms with Gasteiger partial charge in [0, 0.05) is 28.1 Å². The average molecular weight is 596 g/mol. The number of rotatable bonds is 11. The van der Waals surface area contributed by atoms with E-state index in [0.717, 1.165) is 33.9 Å². The Morgan fingerprint density at radius 2 is 1.72 bits per heavy atom. The number of ether oxygens (including phenoxy) is 3. The molecule has 12 heteroatoms. The molecule has 0 amide bonds. The molecule has 0 fully saturated rings. The van der Waals surface area contributed by atoms with Crippen LogP contribution >= 0.6 is 36.2 Å². The highest BCUT2D eigenvalue weighted by Gasteiger charge is 2.51. The van der Waals surface area contributed by atoms with Crippen molar-refractivity contribution in [1.29, 1.82) is 5.41 Å². The third-order valence-electron chi connectivity index (χ3n) is 6.03. The molecule has 0 saturated heterocycles. The molecule has 0 unspecified atom stereocenters.